The van der Waals surface area contributed by atoms with Gasteiger partial charge in [0.2, 0.25) is 0 Å². The van der Waals surface area contributed by atoms with Crippen molar-refractivity contribution in [1.82, 2.24) is 22.8 Å². The molecule has 0 atom stereocenters. The van der Waals surface area contributed by atoms with Crippen LogP contribution in [0.3, 0.4) is 0 Å². The van der Waals surface area contributed by atoms with Crippen LogP contribution in [0.1, 0.15) is 5.56 Å². The van der Waals surface area contributed by atoms with Crippen molar-refractivity contribution >= 4 is 109 Å². The third kappa shape index (κ3) is 6.69. The Labute approximate surface area is 488 Å². The molecule has 85 heavy (non-hydrogen) atoms. The maximum atomic E-state index is 12.5. The molecule has 0 fully saturated rings. The van der Waals surface area contributed by atoms with Gasteiger partial charge in [0.15, 0.2) is 0 Å². The Kier molecular flexibility index (Phi) is 10.1. The zero-order valence-corrected chi connectivity index (χ0v) is 45.9. The minimum Gasteiger partial charge on any atom is -0.309 e. The van der Waals surface area contributed by atoms with Gasteiger partial charge in [-0.25, -0.2) is 0 Å². The lowest BCUT2D eigenvalue weighted by atomic mass is 9.96. The topological polar surface area (TPSA) is 48.4 Å². The summed E-state index contributed by atoms with van der Waals surface area (Å²) in [5, 5.41) is 23.8. The Balaban J connectivity index is 1.05. The molecular weight excluding hydrogens is 1030 g/mol. The number of nitriles is 1. The summed E-state index contributed by atoms with van der Waals surface area (Å²) >= 11 is 0. The van der Waals surface area contributed by atoms with E-state index in [1.54, 1.807) is 0 Å². The van der Waals surface area contributed by atoms with Gasteiger partial charge in [0.05, 0.1) is 66.5 Å². The Morgan fingerprint density at radius 2 is 0.553 bits per heavy atom. The Morgan fingerprint density at radius 3 is 1.02 bits per heavy atom. The van der Waals surface area contributed by atoms with Crippen LogP contribution >= 0.6 is 0 Å². The lowest BCUT2D eigenvalue weighted by Crippen LogP contribution is -2.05. The molecule has 0 saturated heterocycles. The van der Waals surface area contributed by atoms with Gasteiger partial charge in [-0.2, -0.15) is 5.26 Å². The molecule has 5 heterocycles. The summed E-state index contributed by atoms with van der Waals surface area (Å²) in [5.41, 5.74) is 20.4. The third-order valence-corrected chi connectivity index (χ3v) is 17.8. The summed E-state index contributed by atoms with van der Waals surface area (Å²) < 4.78 is 12.2. The first-order chi connectivity index (χ1) is 42.2. The zero-order chi connectivity index (χ0) is 55.9. The average molecular weight is 1080 g/mol. The molecule has 6 nitrogen and oxygen atoms in total. The van der Waals surface area contributed by atoms with Gasteiger partial charge in [-0.05, 0) is 119 Å². The highest BCUT2D eigenvalue weighted by molar-refractivity contribution is 6.40. The molecule has 0 bridgehead atoms. The van der Waals surface area contributed by atoms with E-state index in [9.17, 15) is 5.26 Å². The summed E-state index contributed by atoms with van der Waals surface area (Å²) in [7, 11) is 0. The smallest absolute Gasteiger partial charge is 0.104 e. The molecule has 0 aliphatic rings. The predicted molar refractivity (Wildman–Crippen MR) is 354 cm³/mol. The van der Waals surface area contributed by atoms with Crippen molar-refractivity contribution in [3.05, 3.63) is 297 Å². The standard InChI is InChI=1S/C79H48N6/c80-49-64-70(84-66-40-19-14-35-58(66)63-47-72-62(48-73(63)84)57-34-13-18-39-65(57)81(72)54-28-7-2-8-29-54)45-53(52-27-23-26-51(44-52)50-24-5-1-6-25-50)46-71(64)85-69-43-22-17-38-61(69)76-78-74(59-36-15-20-41-67(59)82(78)55-30-9-3-10-31-55)77-75(79(76)85)60-37-16-21-42-68(60)83(77)56-32-11-4-12-33-56/h1-48H. The highest BCUT2D eigenvalue weighted by Gasteiger charge is 2.31. The van der Waals surface area contributed by atoms with E-state index in [2.05, 4.69) is 320 Å². The first-order valence-corrected chi connectivity index (χ1v) is 29.0. The SMILES string of the molecule is N#Cc1c(-n2c3ccccc3c3cc4c(cc32)c2ccccc2n4-c2ccccc2)cc(-c2cccc(-c3ccccc3)c2)cc1-n1c2ccccc2c2c3c(c4ccccc4n3-c3ccccc3)c3c(c4ccccc4n3-c3ccccc3)c21. The first kappa shape index (κ1) is 47.0. The molecule has 0 amide bonds. The van der Waals surface area contributed by atoms with Crippen LogP contribution in [0, 0.1) is 11.3 Å². The highest BCUT2D eigenvalue weighted by Crippen LogP contribution is 2.52. The van der Waals surface area contributed by atoms with Crippen LogP contribution in [0.25, 0.3) is 160 Å². The van der Waals surface area contributed by atoms with E-state index in [1.165, 1.54) is 5.39 Å². The van der Waals surface area contributed by atoms with Gasteiger partial charge in [-0.1, -0.05) is 194 Å². The van der Waals surface area contributed by atoms with Crippen LogP contribution in [-0.2, 0) is 0 Å². The number of fused-ring (bicyclic) bond motifs is 18. The number of para-hydroxylation sites is 8. The van der Waals surface area contributed by atoms with E-state index in [-0.39, 0.29) is 0 Å². The summed E-state index contributed by atoms with van der Waals surface area (Å²) in [6.45, 7) is 0. The van der Waals surface area contributed by atoms with Crippen molar-refractivity contribution in [1.29, 1.82) is 5.26 Å². The minimum atomic E-state index is 0.559. The van der Waals surface area contributed by atoms with E-state index >= 15 is 0 Å². The van der Waals surface area contributed by atoms with Crippen molar-refractivity contribution in [2.75, 3.05) is 0 Å². The third-order valence-electron chi connectivity index (χ3n) is 17.8. The molecule has 0 radical (unpaired) electrons. The fourth-order valence-electron chi connectivity index (χ4n) is 14.4. The number of hydrogen-bond donors (Lipinski definition) is 0. The average Bonchev–Trinajstić information content (AvgIpc) is 1.76. The molecule has 6 heteroatoms. The summed E-state index contributed by atoms with van der Waals surface area (Å²) in [6.07, 6.45) is 0. The van der Waals surface area contributed by atoms with Crippen LogP contribution in [-0.4, -0.2) is 22.8 Å². The highest BCUT2D eigenvalue weighted by atomic mass is 15.1. The maximum Gasteiger partial charge on any atom is 0.104 e. The van der Waals surface area contributed by atoms with E-state index in [0.29, 0.717) is 5.56 Å². The molecule has 5 aromatic heterocycles. The second-order valence-corrected chi connectivity index (χ2v) is 22.3. The van der Waals surface area contributed by atoms with Gasteiger partial charge in [0.25, 0.3) is 0 Å². The van der Waals surface area contributed by atoms with Crippen molar-refractivity contribution in [3.63, 3.8) is 0 Å². The van der Waals surface area contributed by atoms with E-state index in [4.69, 9.17) is 0 Å². The van der Waals surface area contributed by atoms with Crippen molar-refractivity contribution < 1.29 is 0 Å². The van der Waals surface area contributed by atoms with Crippen molar-refractivity contribution in [2.45, 2.75) is 0 Å². The van der Waals surface area contributed by atoms with E-state index in [0.717, 1.165) is 154 Å². The summed E-state index contributed by atoms with van der Waals surface area (Å²) in [5.74, 6) is 0. The van der Waals surface area contributed by atoms with E-state index < -0.39 is 0 Å². The number of rotatable bonds is 7. The Morgan fingerprint density at radius 1 is 0.224 bits per heavy atom. The van der Waals surface area contributed by atoms with Crippen molar-refractivity contribution in [3.8, 4) is 56.8 Å². The minimum absolute atomic E-state index is 0.559. The quantitative estimate of drug-likeness (QED) is 0.157. The van der Waals surface area contributed by atoms with Crippen LogP contribution in [0.2, 0.25) is 0 Å². The lowest BCUT2D eigenvalue weighted by Gasteiger charge is -2.19. The molecule has 0 N–H and O–H groups in total. The van der Waals surface area contributed by atoms with Crippen molar-refractivity contribution in [2.24, 2.45) is 0 Å². The van der Waals surface area contributed by atoms with Crippen LogP contribution in [0.4, 0.5) is 0 Å². The fourth-order valence-corrected chi connectivity index (χ4v) is 14.4. The number of aromatic nitrogens is 5. The predicted octanol–water partition coefficient (Wildman–Crippen LogP) is 20.4. The second-order valence-electron chi connectivity index (χ2n) is 22.3. The van der Waals surface area contributed by atoms with E-state index in [1.807, 2.05) is 0 Å². The summed E-state index contributed by atoms with van der Waals surface area (Å²) in [4.78, 5) is 0. The Bertz CT molecular complexity index is 5760. The number of hydrogen-bond acceptors (Lipinski definition) is 1. The van der Waals surface area contributed by atoms with Crippen LogP contribution < -0.4 is 0 Å². The Hall–Kier alpha value is -11.7. The molecular formula is C79H48N6. The van der Waals surface area contributed by atoms with Gasteiger partial charge in [-0.15, -0.1) is 0 Å². The molecule has 0 spiro atoms. The molecule has 18 aromatic rings. The molecule has 394 valence electrons. The molecule has 0 aliphatic heterocycles. The van der Waals surface area contributed by atoms with Gasteiger partial charge in [0.1, 0.15) is 11.6 Å². The summed E-state index contributed by atoms with van der Waals surface area (Å²) in [6, 6.07) is 108. The van der Waals surface area contributed by atoms with Gasteiger partial charge in [-0.3, -0.25) is 0 Å². The largest absolute Gasteiger partial charge is 0.309 e. The van der Waals surface area contributed by atoms with Gasteiger partial charge in [0, 0.05) is 70.9 Å². The monoisotopic (exact) mass is 1080 g/mol. The number of benzene rings is 13. The number of nitrogens with zero attached hydrogens (tertiary/aromatic N) is 6. The zero-order valence-electron chi connectivity index (χ0n) is 45.9. The normalized spacial score (nSPS) is 12.0. The van der Waals surface area contributed by atoms with Crippen LogP contribution in [0.5, 0.6) is 0 Å². The maximum absolute atomic E-state index is 12.5. The first-order valence-electron chi connectivity index (χ1n) is 29.0. The lowest BCUT2D eigenvalue weighted by molar-refractivity contribution is 1.12. The fraction of sp³-hybridized carbons (Fsp3) is 0. The molecule has 0 aliphatic carbocycles. The molecule has 0 unspecified atom stereocenters. The van der Waals surface area contributed by atoms with Crippen LogP contribution in [0.15, 0.2) is 291 Å². The van der Waals surface area contributed by atoms with Gasteiger partial charge >= 0.3 is 0 Å². The molecule has 0 saturated carbocycles. The van der Waals surface area contributed by atoms with Gasteiger partial charge < -0.3 is 22.8 Å². The molecule has 13 aromatic carbocycles. The second kappa shape index (κ2) is 18.2. The molecule has 18 rings (SSSR count).